The lowest BCUT2D eigenvalue weighted by molar-refractivity contribution is -0.132. The fourth-order valence-electron chi connectivity index (χ4n) is 2.45. The monoisotopic (exact) mass is 276 g/mol. The molecule has 0 saturated heterocycles. The Morgan fingerprint density at radius 3 is 2.75 bits per heavy atom. The number of carbonyl (C=O) groups is 1. The fraction of sp³-hybridized carbons (Fsp3) is 0.562. The van der Waals surface area contributed by atoms with Gasteiger partial charge in [0.2, 0.25) is 5.91 Å². The van der Waals surface area contributed by atoms with Gasteiger partial charge >= 0.3 is 0 Å². The van der Waals surface area contributed by atoms with Crippen LogP contribution in [-0.4, -0.2) is 29.4 Å². The molecule has 0 aromatic heterocycles. The summed E-state index contributed by atoms with van der Waals surface area (Å²) in [5.41, 5.74) is 0.875. The SMILES string of the molecule is O=C(CCNC1CC1)N(Cc1cccc(F)c1)C1CC1. The minimum Gasteiger partial charge on any atom is -0.335 e. The summed E-state index contributed by atoms with van der Waals surface area (Å²) in [5.74, 6) is -0.0500. The molecule has 0 radical (unpaired) electrons. The van der Waals surface area contributed by atoms with Crippen LogP contribution in [0.1, 0.15) is 37.7 Å². The number of benzene rings is 1. The van der Waals surface area contributed by atoms with Crippen LogP contribution < -0.4 is 5.32 Å². The molecule has 2 saturated carbocycles. The summed E-state index contributed by atoms with van der Waals surface area (Å²) in [4.78, 5) is 14.2. The fourth-order valence-corrected chi connectivity index (χ4v) is 2.45. The van der Waals surface area contributed by atoms with Crippen LogP contribution in [0.4, 0.5) is 4.39 Å². The van der Waals surface area contributed by atoms with E-state index in [4.69, 9.17) is 0 Å². The molecule has 1 aromatic carbocycles. The largest absolute Gasteiger partial charge is 0.335 e. The van der Waals surface area contributed by atoms with E-state index in [2.05, 4.69) is 5.32 Å². The van der Waals surface area contributed by atoms with Gasteiger partial charge in [0, 0.05) is 31.6 Å². The predicted molar refractivity (Wildman–Crippen MR) is 75.6 cm³/mol. The molecule has 1 N–H and O–H groups in total. The molecule has 20 heavy (non-hydrogen) atoms. The van der Waals surface area contributed by atoms with Crippen molar-refractivity contribution in [1.29, 1.82) is 0 Å². The Bertz CT molecular complexity index is 483. The molecule has 0 bridgehead atoms. The number of carbonyl (C=O) groups excluding carboxylic acids is 1. The average Bonchev–Trinajstić information content (AvgIpc) is 3.28. The van der Waals surface area contributed by atoms with Gasteiger partial charge in [-0.2, -0.15) is 0 Å². The van der Waals surface area contributed by atoms with Crippen molar-refractivity contribution in [2.45, 2.75) is 50.7 Å². The van der Waals surface area contributed by atoms with E-state index in [9.17, 15) is 9.18 Å². The summed E-state index contributed by atoms with van der Waals surface area (Å²) < 4.78 is 13.2. The number of nitrogens with one attached hydrogen (secondary N) is 1. The van der Waals surface area contributed by atoms with Gasteiger partial charge in [0.25, 0.3) is 0 Å². The second kappa shape index (κ2) is 5.92. The predicted octanol–water partition coefficient (Wildman–Crippen LogP) is 2.46. The van der Waals surface area contributed by atoms with Crippen LogP contribution in [0.5, 0.6) is 0 Å². The third-order valence-electron chi connectivity index (χ3n) is 3.90. The lowest BCUT2D eigenvalue weighted by Gasteiger charge is -2.23. The summed E-state index contributed by atoms with van der Waals surface area (Å²) in [7, 11) is 0. The molecule has 3 rings (SSSR count). The van der Waals surface area contributed by atoms with E-state index in [-0.39, 0.29) is 11.7 Å². The number of hydrogen-bond acceptors (Lipinski definition) is 2. The van der Waals surface area contributed by atoms with Crippen molar-refractivity contribution in [2.75, 3.05) is 6.54 Å². The van der Waals surface area contributed by atoms with E-state index >= 15 is 0 Å². The van der Waals surface area contributed by atoms with Crippen molar-refractivity contribution < 1.29 is 9.18 Å². The Labute approximate surface area is 119 Å². The molecule has 1 aromatic rings. The summed E-state index contributed by atoms with van der Waals surface area (Å²) in [5, 5.41) is 3.37. The summed E-state index contributed by atoms with van der Waals surface area (Å²) >= 11 is 0. The van der Waals surface area contributed by atoms with Gasteiger partial charge in [-0.15, -0.1) is 0 Å². The van der Waals surface area contributed by atoms with Gasteiger partial charge < -0.3 is 10.2 Å². The van der Waals surface area contributed by atoms with Gasteiger partial charge in [-0.25, -0.2) is 4.39 Å². The van der Waals surface area contributed by atoms with Crippen LogP contribution in [-0.2, 0) is 11.3 Å². The van der Waals surface area contributed by atoms with Crippen LogP contribution in [0.15, 0.2) is 24.3 Å². The maximum absolute atomic E-state index is 13.2. The lowest BCUT2D eigenvalue weighted by Crippen LogP contribution is -2.34. The van der Waals surface area contributed by atoms with E-state index in [0.29, 0.717) is 25.0 Å². The van der Waals surface area contributed by atoms with E-state index in [1.165, 1.54) is 25.0 Å². The van der Waals surface area contributed by atoms with E-state index in [1.807, 2.05) is 11.0 Å². The molecular weight excluding hydrogens is 255 g/mol. The molecule has 2 aliphatic rings. The van der Waals surface area contributed by atoms with Crippen molar-refractivity contribution in [1.82, 2.24) is 10.2 Å². The Hall–Kier alpha value is -1.42. The highest BCUT2D eigenvalue weighted by Crippen LogP contribution is 2.29. The zero-order valence-corrected chi connectivity index (χ0v) is 11.6. The van der Waals surface area contributed by atoms with Gasteiger partial charge in [0.15, 0.2) is 0 Å². The van der Waals surface area contributed by atoms with Crippen LogP contribution in [0, 0.1) is 5.82 Å². The molecule has 0 unspecified atom stereocenters. The molecular formula is C16H21FN2O. The molecule has 0 aliphatic heterocycles. The number of nitrogens with zero attached hydrogens (tertiary/aromatic N) is 1. The molecule has 0 spiro atoms. The Morgan fingerprint density at radius 2 is 2.10 bits per heavy atom. The first-order valence-corrected chi connectivity index (χ1v) is 7.49. The van der Waals surface area contributed by atoms with Gasteiger partial charge in [-0.05, 0) is 43.4 Å². The number of hydrogen-bond donors (Lipinski definition) is 1. The summed E-state index contributed by atoms with van der Waals surface area (Å²) in [6.45, 7) is 1.29. The highest BCUT2D eigenvalue weighted by atomic mass is 19.1. The van der Waals surface area contributed by atoms with Crippen LogP contribution in [0.25, 0.3) is 0 Å². The first kappa shape index (κ1) is 13.6. The van der Waals surface area contributed by atoms with Crippen LogP contribution >= 0.6 is 0 Å². The maximum Gasteiger partial charge on any atom is 0.224 e. The zero-order chi connectivity index (χ0) is 13.9. The van der Waals surface area contributed by atoms with Crippen molar-refractivity contribution >= 4 is 5.91 Å². The Morgan fingerprint density at radius 1 is 1.30 bits per heavy atom. The van der Waals surface area contributed by atoms with Crippen molar-refractivity contribution in [3.05, 3.63) is 35.6 Å². The van der Waals surface area contributed by atoms with Gasteiger partial charge in [0.05, 0.1) is 0 Å². The summed E-state index contributed by atoms with van der Waals surface area (Å²) in [6, 6.07) is 7.55. The third-order valence-corrected chi connectivity index (χ3v) is 3.90. The first-order chi connectivity index (χ1) is 9.72. The number of amides is 1. The Kier molecular flexibility index (Phi) is 4.01. The average molecular weight is 276 g/mol. The van der Waals surface area contributed by atoms with E-state index in [1.54, 1.807) is 6.07 Å². The highest BCUT2D eigenvalue weighted by molar-refractivity contribution is 5.77. The highest BCUT2D eigenvalue weighted by Gasteiger charge is 2.32. The molecule has 2 aliphatic carbocycles. The van der Waals surface area contributed by atoms with Gasteiger partial charge in [-0.3, -0.25) is 4.79 Å². The molecule has 3 nitrogen and oxygen atoms in total. The second-order valence-corrected chi connectivity index (χ2v) is 5.86. The number of rotatable bonds is 7. The smallest absolute Gasteiger partial charge is 0.224 e. The molecule has 0 atom stereocenters. The van der Waals surface area contributed by atoms with Gasteiger partial charge in [-0.1, -0.05) is 12.1 Å². The standard InChI is InChI=1S/C16H21FN2O/c17-13-3-1-2-12(10-13)11-19(15-6-7-15)16(20)8-9-18-14-4-5-14/h1-3,10,14-15,18H,4-9,11H2. The second-order valence-electron chi connectivity index (χ2n) is 5.86. The van der Waals surface area contributed by atoms with Crippen LogP contribution in [0.3, 0.4) is 0 Å². The minimum atomic E-state index is -0.235. The quantitative estimate of drug-likeness (QED) is 0.829. The molecule has 1 amide bonds. The minimum absolute atomic E-state index is 0.185. The molecule has 108 valence electrons. The maximum atomic E-state index is 13.2. The molecule has 0 heterocycles. The molecule has 2 fully saturated rings. The first-order valence-electron chi connectivity index (χ1n) is 7.49. The topological polar surface area (TPSA) is 32.3 Å². The number of halogens is 1. The summed E-state index contributed by atoms with van der Waals surface area (Å²) in [6.07, 6.45) is 5.18. The van der Waals surface area contributed by atoms with Gasteiger partial charge in [0.1, 0.15) is 5.82 Å². The Balaban J connectivity index is 1.55. The normalized spacial score (nSPS) is 18.1. The van der Waals surface area contributed by atoms with Crippen molar-refractivity contribution in [3.8, 4) is 0 Å². The van der Waals surface area contributed by atoms with Crippen molar-refractivity contribution in [3.63, 3.8) is 0 Å². The van der Waals surface area contributed by atoms with Crippen molar-refractivity contribution in [2.24, 2.45) is 0 Å². The van der Waals surface area contributed by atoms with E-state index in [0.717, 1.165) is 24.9 Å². The third kappa shape index (κ3) is 3.79. The van der Waals surface area contributed by atoms with Crippen LogP contribution in [0.2, 0.25) is 0 Å². The zero-order valence-electron chi connectivity index (χ0n) is 11.6. The lowest BCUT2D eigenvalue weighted by atomic mass is 10.2. The molecule has 4 heteroatoms. The van der Waals surface area contributed by atoms with E-state index < -0.39 is 0 Å².